The van der Waals surface area contributed by atoms with E-state index in [1.165, 1.54) is 6.07 Å². The lowest BCUT2D eigenvalue weighted by Gasteiger charge is -2.24. The van der Waals surface area contributed by atoms with Crippen molar-refractivity contribution in [3.63, 3.8) is 0 Å². The Hall–Kier alpha value is -1.09. The Morgan fingerprint density at radius 1 is 1.38 bits per heavy atom. The maximum Gasteiger partial charge on any atom is 0.123 e. The van der Waals surface area contributed by atoms with Crippen LogP contribution in [0.15, 0.2) is 18.2 Å². The molecule has 16 heavy (non-hydrogen) atoms. The van der Waals surface area contributed by atoms with Crippen molar-refractivity contribution in [3.05, 3.63) is 29.6 Å². The third-order valence-corrected chi connectivity index (χ3v) is 2.51. The average molecular weight is 224 g/mol. The SMILES string of the molecule is CC(C)CN(C)c1ccc(F)cc1CCN. The van der Waals surface area contributed by atoms with Crippen molar-refractivity contribution in [2.45, 2.75) is 20.3 Å². The smallest absolute Gasteiger partial charge is 0.123 e. The van der Waals surface area contributed by atoms with Crippen molar-refractivity contribution in [2.75, 3.05) is 25.0 Å². The molecule has 3 heteroatoms. The monoisotopic (exact) mass is 224 g/mol. The first-order valence-electron chi connectivity index (χ1n) is 5.74. The summed E-state index contributed by atoms with van der Waals surface area (Å²) in [4.78, 5) is 2.16. The van der Waals surface area contributed by atoms with Crippen LogP contribution in [0.1, 0.15) is 19.4 Å². The van der Waals surface area contributed by atoms with E-state index in [-0.39, 0.29) is 5.82 Å². The van der Waals surface area contributed by atoms with Gasteiger partial charge in [0.15, 0.2) is 0 Å². The Kier molecular flexibility index (Phi) is 4.74. The van der Waals surface area contributed by atoms with Crippen LogP contribution in [-0.2, 0) is 6.42 Å². The number of hydrogen-bond donors (Lipinski definition) is 1. The summed E-state index contributed by atoms with van der Waals surface area (Å²) >= 11 is 0. The van der Waals surface area contributed by atoms with Crippen LogP contribution in [0.5, 0.6) is 0 Å². The van der Waals surface area contributed by atoms with Gasteiger partial charge in [-0.05, 0) is 42.6 Å². The van der Waals surface area contributed by atoms with Crippen molar-refractivity contribution in [3.8, 4) is 0 Å². The minimum atomic E-state index is -0.190. The summed E-state index contributed by atoms with van der Waals surface area (Å²) in [6.45, 7) is 5.85. The molecule has 1 aromatic rings. The highest BCUT2D eigenvalue weighted by Gasteiger charge is 2.09. The molecule has 0 saturated heterocycles. The van der Waals surface area contributed by atoms with E-state index in [4.69, 9.17) is 5.73 Å². The molecule has 0 amide bonds. The van der Waals surface area contributed by atoms with Crippen LogP contribution in [0.4, 0.5) is 10.1 Å². The second-order valence-electron chi connectivity index (χ2n) is 4.59. The van der Waals surface area contributed by atoms with Crippen molar-refractivity contribution >= 4 is 5.69 Å². The number of benzene rings is 1. The van der Waals surface area contributed by atoms with Gasteiger partial charge in [-0.25, -0.2) is 4.39 Å². The Bertz CT molecular complexity index is 337. The third-order valence-electron chi connectivity index (χ3n) is 2.51. The topological polar surface area (TPSA) is 29.3 Å². The molecule has 0 aliphatic rings. The van der Waals surface area contributed by atoms with E-state index in [0.29, 0.717) is 12.5 Å². The van der Waals surface area contributed by atoms with Gasteiger partial charge in [0.2, 0.25) is 0 Å². The molecule has 0 bridgehead atoms. The predicted molar refractivity (Wildman–Crippen MR) is 67.3 cm³/mol. The maximum absolute atomic E-state index is 13.1. The van der Waals surface area contributed by atoms with Gasteiger partial charge in [-0.2, -0.15) is 0 Å². The highest BCUT2D eigenvalue weighted by Crippen LogP contribution is 2.21. The molecule has 0 heterocycles. The van der Waals surface area contributed by atoms with Crippen LogP contribution in [0.2, 0.25) is 0 Å². The van der Waals surface area contributed by atoms with Gasteiger partial charge in [0.05, 0.1) is 0 Å². The first-order valence-corrected chi connectivity index (χ1v) is 5.74. The molecule has 0 radical (unpaired) electrons. The van der Waals surface area contributed by atoms with Gasteiger partial charge in [0.1, 0.15) is 5.82 Å². The minimum absolute atomic E-state index is 0.190. The molecule has 1 aromatic carbocycles. The van der Waals surface area contributed by atoms with Crippen LogP contribution in [0, 0.1) is 11.7 Å². The van der Waals surface area contributed by atoms with E-state index in [9.17, 15) is 4.39 Å². The number of nitrogens with zero attached hydrogens (tertiary/aromatic N) is 1. The summed E-state index contributed by atoms with van der Waals surface area (Å²) in [6, 6.07) is 4.92. The van der Waals surface area contributed by atoms with Gasteiger partial charge in [-0.1, -0.05) is 13.8 Å². The van der Waals surface area contributed by atoms with Crippen LogP contribution in [0.25, 0.3) is 0 Å². The molecule has 0 fully saturated rings. The zero-order valence-electron chi connectivity index (χ0n) is 10.3. The van der Waals surface area contributed by atoms with Gasteiger partial charge < -0.3 is 10.6 Å². The van der Waals surface area contributed by atoms with Crippen LogP contribution >= 0.6 is 0 Å². The van der Waals surface area contributed by atoms with E-state index in [1.54, 1.807) is 6.07 Å². The quantitative estimate of drug-likeness (QED) is 0.832. The molecule has 0 atom stereocenters. The lowest BCUT2D eigenvalue weighted by atomic mass is 10.1. The van der Waals surface area contributed by atoms with Gasteiger partial charge in [0, 0.05) is 19.3 Å². The molecule has 0 aromatic heterocycles. The second kappa shape index (κ2) is 5.85. The largest absolute Gasteiger partial charge is 0.374 e. The van der Waals surface area contributed by atoms with Crippen molar-refractivity contribution < 1.29 is 4.39 Å². The summed E-state index contributed by atoms with van der Waals surface area (Å²) in [5.74, 6) is 0.394. The minimum Gasteiger partial charge on any atom is -0.374 e. The Morgan fingerprint density at radius 3 is 2.62 bits per heavy atom. The molecule has 0 aliphatic heterocycles. The van der Waals surface area contributed by atoms with Gasteiger partial charge in [-0.3, -0.25) is 0 Å². The lowest BCUT2D eigenvalue weighted by molar-refractivity contribution is 0.620. The molecule has 0 aliphatic carbocycles. The van der Waals surface area contributed by atoms with Crippen LogP contribution in [0.3, 0.4) is 0 Å². The fourth-order valence-corrected chi connectivity index (χ4v) is 1.93. The summed E-state index contributed by atoms with van der Waals surface area (Å²) in [5, 5.41) is 0. The Balaban J connectivity index is 2.92. The number of nitrogens with two attached hydrogens (primary N) is 1. The first kappa shape index (κ1) is 13.0. The summed E-state index contributed by atoms with van der Waals surface area (Å²) in [5.41, 5.74) is 7.62. The fraction of sp³-hybridized carbons (Fsp3) is 0.538. The number of rotatable bonds is 5. The molecule has 90 valence electrons. The zero-order chi connectivity index (χ0) is 12.1. The highest BCUT2D eigenvalue weighted by molar-refractivity contribution is 5.53. The molecular weight excluding hydrogens is 203 g/mol. The van der Waals surface area contributed by atoms with E-state index in [1.807, 2.05) is 13.1 Å². The van der Waals surface area contributed by atoms with Gasteiger partial charge in [0.25, 0.3) is 0 Å². The zero-order valence-corrected chi connectivity index (χ0v) is 10.3. The normalized spacial score (nSPS) is 10.9. The molecule has 0 unspecified atom stereocenters. The van der Waals surface area contributed by atoms with Crippen LogP contribution in [-0.4, -0.2) is 20.1 Å². The fourth-order valence-electron chi connectivity index (χ4n) is 1.93. The predicted octanol–water partition coefficient (Wildman–Crippen LogP) is 2.42. The van der Waals surface area contributed by atoms with E-state index in [0.717, 1.165) is 24.2 Å². The van der Waals surface area contributed by atoms with E-state index in [2.05, 4.69) is 18.7 Å². The van der Waals surface area contributed by atoms with Crippen molar-refractivity contribution in [1.29, 1.82) is 0 Å². The molecule has 0 spiro atoms. The maximum atomic E-state index is 13.1. The van der Waals surface area contributed by atoms with Gasteiger partial charge >= 0.3 is 0 Å². The summed E-state index contributed by atoms with van der Waals surface area (Å²) < 4.78 is 13.1. The molecule has 1 rings (SSSR count). The number of hydrogen-bond acceptors (Lipinski definition) is 2. The van der Waals surface area contributed by atoms with Crippen molar-refractivity contribution in [1.82, 2.24) is 0 Å². The Morgan fingerprint density at radius 2 is 2.06 bits per heavy atom. The Labute approximate surface area is 97.3 Å². The molecule has 2 nitrogen and oxygen atoms in total. The first-order chi connectivity index (χ1) is 7.54. The average Bonchev–Trinajstić information content (AvgIpc) is 2.17. The summed E-state index contributed by atoms with van der Waals surface area (Å²) in [6.07, 6.45) is 0.718. The molecule has 0 saturated carbocycles. The standard InChI is InChI=1S/C13H21FN2/c1-10(2)9-16(3)13-5-4-12(14)8-11(13)6-7-15/h4-5,8,10H,6-7,9,15H2,1-3H3. The highest BCUT2D eigenvalue weighted by atomic mass is 19.1. The van der Waals surface area contributed by atoms with E-state index < -0.39 is 0 Å². The van der Waals surface area contributed by atoms with Gasteiger partial charge in [-0.15, -0.1) is 0 Å². The van der Waals surface area contributed by atoms with Crippen molar-refractivity contribution in [2.24, 2.45) is 11.7 Å². The molecular formula is C13H21FN2. The van der Waals surface area contributed by atoms with E-state index >= 15 is 0 Å². The molecule has 2 N–H and O–H groups in total. The lowest BCUT2D eigenvalue weighted by Crippen LogP contribution is -2.24. The second-order valence-corrected chi connectivity index (χ2v) is 4.59. The van der Waals surface area contributed by atoms with Crippen LogP contribution < -0.4 is 10.6 Å². The number of anilines is 1. The number of halogens is 1. The summed E-state index contributed by atoms with van der Waals surface area (Å²) in [7, 11) is 2.03. The third kappa shape index (κ3) is 3.49.